The van der Waals surface area contributed by atoms with Crippen molar-refractivity contribution in [3.63, 3.8) is 0 Å². The highest BCUT2D eigenvalue weighted by Gasteiger charge is 2.31. The van der Waals surface area contributed by atoms with E-state index in [0.29, 0.717) is 24.1 Å². The molecule has 0 aromatic heterocycles. The van der Waals surface area contributed by atoms with Gasteiger partial charge in [0, 0.05) is 25.6 Å². The molecule has 5 rings (SSSR count). The Morgan fingerprint density at radius 2 is 1.40 bits per heavy atom. The highest BCUT2D eigenvalue weighted by Crippen LogP contribution is 2.26. The van der Waals surface area contributed by atoms with Gasteiger partial charge in [0.25, 0.3) is 0 Å². The number of hydrogen-bond acceptors (Lipinski definition) is 4. The number of nitrogens with one attached hydrogen (secondary N) is 2. The third kappa shape index (κ3) is 8.37. The van der Waals surface area contributed by atoms with Gasteiger partial charge in [-0.2, -0.15) is 0 Å². The number of nitrogens with zero attached hydrogens (tertiary/aromatic N) is 1. The Bertz CT molecular complexity index is 1630. The first kappa shape index (κ1) is 30.1. The zero-order valence-corrected chi connectivity index (χ0v) is 24.5. The minimum absolute atomic E-state index is 0.0110. The number of carbonyl (C=O) groups excluding carboxylic acids is 2. The van der Waals surface area contributed by atoms with E-state index in [-0.39, 0.29) is 41.5 Å². The number of aryl methyl sites for hydroxylation is 1. The Hall–Kier alpha value is -4.34. The molecule has 1 saturated carbocycles. The number of rotatable bonds is 13. The standard InChI is InChI=1S/C34H34FN3O4S/c35-29-16-11-27(12-17-29)24-38(32(39)22-15-25-13-20-31(21-14-25)43(41,42)37-30-18-19-30)33(28-9-5-2-6-10-28)34(40)36-23-26-7-3-1-4-8-26/h1-14,16-17,20-21,30,33,37H,15,18-19,22-24H2,(H,36,40). The molecule has 0 aliphatic heterocycles. The number of sulfonamides is 1. The van der Waals surface area contributed by atoms with E-state index in [1.54, 1.807) is 36.4 Å². The van der Waals surface area contributed by atoms with Gasteiger partial charge < -0.3 is 10.2 Å². The summed E-state index contributed by atoms with van der Waals surface area (Å²) in [6.07, 6.45) is 2.13. The molecule has 9 heteroatoms. The molecular formula is C34H34FN3O4S. The fourth-order valence-electron chi connectivity index (χ4n) is 4.82. The quantitative estimate of drug-likeness (QED) is 0.219. The molecule has 7 nitrogen and oxygen atoms in total. The van der Waals surface area contributed by atoms with Crippen LogP contribution in [0, 0.1) is 5.82 Å². The van der Waals surface area contributed by atoms with Gasteiger partial charge in [-0.25, -0.2) is 17.5 Å². The molecule has 1 aliphatic rings. The Morgan fingerprint density at radius 3 is 2.02 bits per heavy atom. The lowest BCUT2D eigenvalue weighted by molar-refractivity contribution is -0.141. The number of amides is 2. The summed E-state index contributed by atoms with van der Waals surface area (Å²) in [6, 6.07) is 30.1. The molecule has 4 aromatic rings. The van der Waals surface area contributed by atoms with Crippen molar-refractivity contribution in [3.8, 4) is 0 Å². The molecule has 0 heterocycles. The van der Waals surface area contributed by atoms with Crippen molar-refractivity contribution in [2.45, 2.75) is 55.8 Å². The first-order chi connectivity index (χ1) is 20.8. The zero-order chi connectivity index (χ0) is 30.2. The van der Waals surface area contributed by atoms with E-state index in [0.717, 1.165) is 24.0 Å². The molecule has 1 fully saturated rings. The van der Waals surface area contributed by atoms with E-state index in [1.807, 2.05) is 60.7 Å². The monoisotopic (exact) mass is 599 g/mol. The molecule has 4 aromatic carbocycles. The summed E-state index contributed by atoms with van der Waals surface area (Å²) >= 11 is 0. The third-order valence-corrected chi connectivity index (χ3v) is 8.87. The van der Waals surface area contributed by atoms with Crippen LogP contribution in [0.3, 0.4) is 0 Å². The van der Waals surface area contributed by atoms with Gasteiger partial charge in [0.15, 0.2) is 0 Å². The van der Waals surface area contributed by atoms with Crippen LogP contribution >= 0.6 is 0 Å². The zero-order valence-electron chi connectivity index (χ0n) is 23.7. The highest BCUT2D eigenvalue weighted by atomic mass is 32.2. The average molecular weight is 600 g/mol. The molecule has 0 spiro atoms. The summed E-state index contributed by atoms with van der Waals surface area (Å²) in [5.41, 5.74) is 3.06. The topological polar surface area (TPSA) is 95.6 Å². The molecule has 1 unspecified atom stereocenters. The fraction of sp³-hybridized carbons (Fsp3) is 0.235. The van der Waals surface area contributed by atoms with Crippen LogP contribution in [0.4, 0.5) is 4.39 Å². The Labute approximate surface area is 251 Å². The van der Waals surface area contributed by atoms with Crippen LogP contribution < -0.4 is 10.0 Å². The van der Waals surface area contributed by atoms with Gasteiger partial charge in [0.05, 0.1) is 4.90 Å². The third-order valence-electron chi connectivity index (χ3n) is 7.33. The molecular weight excluding hydrogens is 565 g/mol. The van der Waals surface area contributed by atoms with Crippen molar-refractivity contribution in [2.75, 3.05) is 0 Å². The maximum Gasteiger partial charge on any atom is 0.247 e. The smallest absolute Gasteiger partial charge is 0.247 e. The van der Waals surface area contributed by atoms with Gasteiger partial charge in [-0.15, -0.1) is 0 Å². The van der Waals surface area contributed by atoms with E-state index in [2.05, 4.69) is 10.0 Å². The van der Waals surface area contributed by atoms with Crippen molar-refractivity contribution in [1.82, 2.24) is 14.9 Å². The van der Waals surface area contributed by atoms with Crippen molar-refractivity contribution in [1.29, 1.82) is 0 Å². The van der Waals surface area contributed by atoms with Crippen molar-refractivity contribution in [2.24, 2.45) is 0 Å². The molecule has 2 amide bonds. The normalized spacial score (nSPS) is 13.7. The molecule has 222 valence electrons. The Kier molecular flexibility index (Phi) is 9.64. The first-order valence-electron chi connectivity index (χ1n) is 14.3. The molecule has 0 bridgehead atoms. The second kappa shape index (κ2) is 13.8. The van der Waals surface area contributed by atoms with Crippen LogP contribution in [0.5, 0.6) is 0 Å². The largest absolute Gasteiger partial charge is 0.350 e. The summed E-state index contributed by atoms with van der Waals surface area (Å²) in [5, 5.41) is 2.98. The van der Waals surface area contributed by atoms with E-state index in [4.69, 9.17) is 0 Å². The van der Waals surface area contributed by atoms with Crippen LogP contribution in [0.2, 0.25) is 0 Å². The number of halogens is 1. The first-order valence-corrected chi connectivity index (χ1v) is 15.8. The average Bonchev–Trinajstić information content (AvgIpc) is 3.84. The summed E-state index contributed by atoms with van der Waals surface area (Å²) < 4.78 is 41.4. The van der Waals surface area contributed by atoms with Crippen LogP contribution in [0.25, 0.3) is 0 Å². The minimum Gasteiger partial charge on any atom is -0.350 e. The van der Waals surface area contributed by atoms with Crippen LogP contribution in [0.15, 0.2) is 114 Å². The molecule has 0 saturated heterocycles. The molecule has 43 heavy (non-hydrogen) atoms. The van der Waals surface area contributed by atoms with Gasteiger partial charge in [-0.1, -0.05) is 84.9 Å². The Balaban J connectivity index is 1.37. The Morgan fingerprint density at radius 1 is 0.791 bits per heavy atom. The number of carbonyl (C=O) groups is 2. The van der Waals surface area contributed by atoms with Gasteiger partial charge in [-0.05, 0) is 65.8 Å². The maximum atomic E-state index is 13.9. The summed E-state index contributed by atoms with van der Waals surface area (Å²) in [4.78, 5) is 29.4. The summed E-state index contributed by atoms with van der Waals surface area (Å²) in [7, 11) is -3.57. The van der Waals surface area contributed by atoms with Crippen molar-refractivity contribution in [3.05, 3.63) is 137 Å². The lowest BCUT2D eigenvalue weighted by Crippen LogP contribution is -2.43. The van der Waals surface area contributed by atoms with Crippen molar-refractivity contribution < 1.29 is 22.4 Å². The predicted octanol–water partition coefficient (Wildman–Crippen LogP) is 5.29. The summed E-state index contributed by atoms with van der Waals surface area (Å²) in [5.74, 6) is -0.983. The highest BCUT2D eigenvalue weighted by molar-refractivity contribution is 7.89. The van der Waals surface area contributed by atoms with Crippen molar-refractivity contribution >= 4 is 21.8 Å². The van der Waals surface area contributed by atoms with E-state index >= 15 is 0 Å². The SMILES string of the molecule is O=C(NCc1ccccc1)C(c1ccccc1)N(Cc1ccc(F)cc1)C(=O)CCc1ccc(S(=O)(=O)NC2CC2)cc1. The van der Waals surface area contributed by atoms with E-state index in [1.165, 1.54) is 17.0 Å². The van der Waals surface area contributed by atoms with Crippen LogP contribution in [-0.4, -0.2) is 31.2 Å². The maximum absolute atomic E-state index is 13.9. The lowest BCUT2D eigenvalue weighted by atomic mass is 10.0. The summed E-state index contributed by atoms with van der Waals surface area (Å²) in [6.45, 7) is 0.397. The van der Waals surface area contributed by atoms with Gasteiger partial charge in [0.2, 0.25) is 21.8 Å². The number of benzene rings is 4. The lowest BCUT2D eigenvalue weighted by Gasteiger charge is -2.32. The molecule has 0 radical (unpaired) electrons. The van der Waals surface area contributed by atoms with E-state index < -0.39 is 16.1 Å². The van der Waals surface area contributed by atoms with Crippen LogP contribution in [-0.2, 0) is 39.1 Å². The second-order valence-corrected chi connectivity index (χ2v) is 12.4. The van der Waals surface area contributed by atoms with Gasteiger partial charge in [-0.3, -0.25) is 9.59 Å². The van der Waals surface area contributed by atoms with Gasteiger partial charge >= 0.3 is 0 Å². The molecule has 1 atom stereocenters. The molecule has 1 aliphatic carbocycles. The van der Waals surface area contributed by atoms with Gasteiger partial charge in [0.1, 0.15) is 11.9 Å². The fourth-order valence-corrected chi connectivity index (χ4v) is 6.12. The second-order valence-electron chi connectivity index (χ2n) is 10.7. The van der Waals surface area contributed by atoms with E-state index in [9.17, 15) is 22.4 Å². The minimum atomic E-state index is -3.57. The molecule has 2 N–H and O–H groups in total. The predicted molar refractivity (Wildman–Crippen MR) is 163 cm³/mol. The van der Waals surface area contributed by atoms with Crippen LogP contribution in [0.1, 0.15) is 47.6 Å². The number of hydrogen-bond donors (Lipinski definition) is 2.